The van der Waals surface area contributed by atoms with E-state index in [1.165, 1.54) is 11.3 Å². The molecule has 1 aromatic rings. The number of aryl methyl sites for hydroxylation is 1. The van der Waals surface area contributed by atoms with Gasteiger partial charge in [0.15, 0.2) is 5.75 Å². The van der Waals surface area contributed by atoms with Crippen LogP contribution in [0.3, 0.4) is 0 Å². The molecule has 0 N–H and O–H groups in total. The number of anilines is 1. The minimum Gasteiger partial charge on any atom is -0.488 e. The molecule has 0 amide bonds. The smallest absolute Gasteiger partial charge is 0.156 e. The largest absolute Gasteiger partial charge is 0.488 e. The van der Waals surface area contributed by atoms with Crippen molar-refractivity contribution in [1.82, 2.24) is 0 Å². The molecule has 0 saturated heterocycles. The first-order chi connectivity index (χ1) is 6.18. The summed E-state index contributed by atoms with van der Waals surface area (Å²) in [6.07, 6.45) is 0. The Morgan fingerprint density at radius 3 is 3.00 bits per heavy atom. The molecule has 0 saturated carbocycles. The zero-order chi connectivity index (χ0) is 9.42. The third kappa shape index (κ3) is 1.53. The summed E-state index contributed by atoms with van der Waals surface area (Å²) in [7, 11) is 2.09. The molecule has 0 bridgehead atoms. The van der Waals surface area contributed by atoms with E-state index >= 15 is 0 Å². The maximum atomic E-state index is 5.59. The number of fused-ring (bicyclic) bond motifs is 1. The van der Waals surface area contributed by atoms with Gasteiger partial charge in [0.1, 0.15) is 6.61 Å². The van der Waals surface area contributed by atoms with E-state index in [1.807, 2.05) is 0 Å². The Labute approximate surface area is 86.6 Å². The summed E-state index contributed by atoms with van der Waals surface area (Å²) in [5, 5.41) is 0. The fraction of sp³-hybridized carbons (Fsp3) is 0.400. The van der Waals surface area contributed by atoms with E-state index in [0.29, 0.717) is 0 Å². The van der Waals surface area contributed by atoms with Crippen LogP contribution < -0.4 is 9.64 Å². The Morgan fingerprint density at radius 2 is 2.23 bits per heavy atom. The third-order valence-electron chi connectivity index (χ3n) is 2.25. The number of hydrogen-bond acceptors (Lipinski definition) is 2. The van der Waals surface area contributed by atoms with E-state index < -0.39 is 0 Å². The first-order valence-electron chi connectivity index (χ1n) is 4.32. The number of likely N-dealkylation sites (N-methyl/N-ethyl adjacent to an activating group) is 1. The minimum absolute atomic E-state index is 0.769. The van der Waals surface area contributed by atoms with Gasteiger partial charge < -0.3 is 9.64 Å². The van der Waals surface area contributed by atoms with Crippen LogP contribution >= 0.6 is 15.9 Å². The average Bonchev–Trinajstić information content (AvgIpc) is 2.07. The highest BCUT2D eigenvalue weighted by Crippen LogP contribution is 2.38. The molecule has 2 rings (SSSR count). The Morgan fingerprint density at radius 1 is 1.46 bits per heavy atom. The van der Waals surface area contributed by atoms with Crippen molar-refractivity contribution in [3.63, 3.8) is 0 Å². The van der Waals surface area contributed by atoms with E-state index in [-0.39, 0.29) is 0 Å². The molecule has 1 aliphatic rings. The van der Waals surface area contributed by atoms with Crippen molar-refractivity contribution in [1.29, 1.82) is 0 Å². The van der Waals surface area contributed by atoms with Crippen molar-refractivity contribution >= 4 is 21.6 Å². The van der Waals surface area contributed by atoms with Gasteiger partial charge in [0.05, 0.1) is 16.7 Å². The molecule has 0 spiro atoms. The molecule has 0 aromatic heterocycles. The number of rotatable bonds is 0. The van der Waals surface area contributed by atoms with Crippen molar-refractivity contribution < 1.29 is 4.74 Å². The minimum atomic E-state index is 0.769. The maximum absolute atomic E-state index is 5.59. The van der Waals surface area contributed by atoms with Gasteiger partial charge >= 0.3 is 0 Å². The molecule has 0 fully saturated rings. The Balaban J connectivity index is 2.56. The van der Waals surface area contributed by atoms with Crippen molar-refractivity contribution in [2.75, 3.05) is 25.1 Å². The van der Waals surface area contributed by atoms with E-state index in [9.17, 15) is 0 Å². The molecule has 1 aromatic carbocycles. The zero-order valence-corrected chi connectivity index (χ0v) is 9.39. The molecule has 0 atom stereocenters. The average molecular weight is 242 g/mol. The van der Waals surface area contributed by atoms with Crippen molar-refractivity contribution in [2.45, 2.75) is 6.92 Å². The van der Waals surface area contributed by atoms with Gasteiger partial charge in [0.2, 0.25) is 0 Å². The van der Waals surface area contributed by atoms with Crippen molar-refractivity contribution in [2.24, 2.45) is 0 Å². The second-order valence-corrected chi connectivity index (χ2v) is 4.22. The van der Waals surface area contributed by atoms with Crippen LogP contribution in [0.5, 0.6) is 5.75 Å². The zero-order valence-electron chi connectivity index (χ0n) is 7.80. The number of halogens is 1. The molecule has 13 heavy (non-hydrogen) atoms. The van der Waals surface area contributed by atoms with Crippen molar-refractivity contribution in [3.8, 4) is 5.75 Å². The molecule has 1 heterocycles. The first-order valence-corrected chi connectivity index (χ1v) is 5.12. The van der Waals surface area contributed by atoms with Crippen LogP contribution in [0.25, 0.3) is 0 Å². The summed E-state index contributed by atoms with van der Waals surface area (Å²) in [4.78, 5) is 2.22. The molecule has 70 valence electrons. The van der Waals surface area contributed by atoms with Gasteiger partial charge in [-0.15, -0.1) is 0 Å². The van der Waals surface area contributed by atoms with Crippen molar-refractivity contribution in [3.05, 3.63) is 22.2 Å². The van der Waals surface area contributed by atoms with Crippen LogP contribution in [0.1, 0.15) is 5.56 Å². The molecular weight excluding hydrogens is 230 g/mol. The summed E-state index contributed by atoms with van der Waals surface area (Å²) >= 11 is 3.51. The first kappa shape index (κ1) is 8.88. The molecule has 0 aliphatic carbocycles. The predicted molar refractivity (Wildman–Crippen MR) is 57.6 cm³/mol. The third-order valence-corrected chi connectivity index (χ3v) is 2.84. The fourth-order valence-corrected chi connectivity index (χ4v) is 2.22. The molecule has 2 nitrogen and oxygen atoms in total. The molecule has 1 aliphatic heterocycles. The van der Waals surface area contributed by atoms with Gasteiger partial charge in [0.25, 0.3) is 0 Å². The summed E-state index contributed by atoms with van der Waals surface area (Å²) in [6.45, 7) is 3.82. The van der Waals surface area contributed by atoms with Crippen LogP contribution in [-0.4, -0.2) is 20.2 Å². The number of benzene rings is 1. The standard InChI is InChI=1S/C10H12BrNO/c1-7-5-8(11)10-9(6-7)12(2)3-4-13-10/h5-6H,3-4H2,1-2H3. The maximum Gasteiger partial charge on any atom is 0.156 e. The molecular formula is C10H12BrNO. The lowest BCUT2D eigenvalue weighted by molar-refractivity contribution is 0.309. The Kier molecular flexibility index (Phi) is 2.20. The van der Waals surface area contributed by atoms with E-state index in [1.54, 1.807) is 0 Å². The van der Waals surface area contributed by atoms with Crippen LogP contribution in [0.15, 0.2) is 16.6 Å². The summed E-state index contributed by atoms with van der Waals surface area (Å²) in [5.74, 6) is 0.972. The van der Waals surface area contributed by atoms with E-state index in [0.717, 1.165) is 23.4 Å². The summed E-state index contributed by atoms with van der Waals surface area (Å²) < 4.78 is 6.64. The van der Waals surface area contributed by atoms with Gasteiger partial charge in [-0.3, -0.25) is 0 Å². The number of hydrogen-bond donors (Lipinski definition) is 0. The lowest BCUT2D eigenvalue weighted by Crippen LogP contribution is -2.29. The lowest BCUT2D eigenvalue weighted by Gasteiger charge is -2.28. The fourth-order valence-electron chi connectivity index (χ4n) is 1.54. The van der Waals surface area contributed by atoms with Crippen LogP contribution in [0.4, 0.5) is 5.69 Å². The van der Waals surface area contributed by atoms with Gasteiger partial charge in [-0.1, -0.05) is 0 Å². The lowest BCUT2D eigenvalue weighted by atomic mass is 10.2. The Bertz CT molecular complexity index is 338. The number of nitrogens with zero attached hydrogens (tertiary/aromatic N) is 1. The molecule has 3 heteroatoms. The number of ether oxygens (including phenoxy) is 1. The topological polar surface area (TPSA) is 12.5 Å². The van der Waals surface area contributed by atoms with Crippen LogP contribution in [-0.2, 0) is 0 Å². The SMILES string of the molecule is Cc1cc(Br)c2c(c1)N(C)CCO2. The Hall–Kier alpha value is -0.700. The van der Waals surface area contributed by atoms with E-state index in [2.05, 4.69) is 46.9 Å². The quantitative estimate of drug-likeness (QED) is 0.693. The van der Waals surface area contributed by atoms with Crippen LogP contribution in [0.2, 0.25) is 0 Å². The summed E-state index contributed by atoms with van der Waals surface area (Å²) in [5.41, 5.74) is 2.43. The highest BCUT2D eigenvalue weighted by atomic mass is 79.9. The van der Waals surface area contributed by atoms with Gasteiger partial charge in [-0.25, -0.2) is 0 Å². The molecule has 0 unspecified atom stereocenters. The highest BCUT2D eigenvalue weighted by Gasteiger charge is 2.17. The van der Waals surface area contributed by atoms with Crippen LogP contribution in [0, 0.1) is 6.92 Å². The van der Waals surface area contributed by atoms with E-state index in [4.69, 9.17) is 4.74 Å². The molecule has 0 radical (unpaired) electrons. The monoisotopic (exact) mass is 241 g/mol. The second-order valence-electron chi connectivity index (χ2n) is 3.37. The predicted octanol–water partition coefficient (Wildman–Crippen LogP) is 2.59. The summed E-state index contributed by atoms with van der Waals surface area (Å²) in [6, 6.07) is 4.23. The second kappa shape index (κ2) is 3.22. The van der Waals surface area contributed by atoms with Gasteiger partial charge in [-0.2, -0.15) is 0 Å². The normalized spacial score (nSPS) is 15.2. The van der Waals surface area contributed by atoms with Gasteiger partial charge in [0, 0.05) is 7.05 Å². The highest BCUT2D eigenvalue weighted by molar-refractivity contribution is 9.10. The van der Waals surface area contributed by atoms with Gasteiger partial charge in [-0.05, 0) is 40.5 Å².